The van der Waals surface area contributed by atoms with Gasteiger partial charge in [-0.15, -0.1) is 11.3 Å². The first-order valence-corrected chi connectivity index (χ1v) is 8.13. The maximum absolute atomic E-state index is 4.94. The van der Waals surface area contributed by atoms with Gasteiger partial charge in [0.15, 0.2) is 0 Å². The second kappa shape index (κ2) is 5.68. The minimum Gasteiger partial charge on any atom is -0.314 e. The lowest BCUT2D eigenvalue weighted by molar-refractivity contribution is 0.164. The van der Waals surface area contributed by atoms with E-state index in [-0.39, 0.29) is 0 Å². The molecule has 0 radical (unpaired) electrons. The Bertz CT molecular complexity index is 374. The maximum Gasteiger partial charge on any atom is 0.110 e. The van der Waals surface area contributed by atoms with Crippen LogP contribution >= 0.6 is 11.3 Å². The Kier molecular flexibility index (Phi) is 3.97. The number of fused-ring (bicyclic) bond motifs is 1. The van der Waals surface area contributed by atoms with Gasteiger partial charge in [0.05, 0.1) is 11.7 Å². The van der Waals surface area contributed by atoms with Crippen molar-refractivity contribution in [1.29, 1.82) is 0 Å². The molecule has 1 saturated heterocycles. The molecule has 0 amide bonds. The van der Waals surface area contributed by atoms with Crippen LogP contribution in [0.5, 0.6) is 0 Å². The number of hydrogen-bond donors (Lipinski definition) is 1. The van der Waals surface area contributed by atoms with Gasteiger partial charge in [-0.1, -0.05) is 13.3 Å². The van der Waals surface area contributed by atoms with Crippen LogP contribution < -0.4 is 5.32 Å². The van der Waals surface area contributed by atoms with Crippen molar-refractivity contribution in [3.8, 4) is 0 Å². The number of aryl methyl sites for hydroxylation is 2. The summed E-state index contributed by atoms with van der Waals surface area (Å²) in [4.78, 5) is 9.14. The van der Waals surface area contributed by atoms with Gasteiger partial charge in [0.25, 0.3) is 0 Å². The van der Waals surface area contributed by atoms with Crippen molar-refractivity contribution in [2.45, 2.75) is 45.1 Å². The third kappa shape index (κ3) is 2.46. The monoisotopic (exact) mass is 265 g/mol. The Labute approximate surface area is 114 Å². The van der Waals surface area contributed by atoms with Gasteiger partial charge < -0.3 is 5.32 Å². The van der Waals surface area contributed by atoms with E-state index in [2.05, 4.69) is 17.1 Å². The lowest BCUT2D eigenvalue weighted by Gasteiger charge is -2.33. The fourth-order valence-electron chi connectivity index (χ4n) is 3.08. The van der Waals surface area contributed by atoms with Crippen LogP contribution in [0.15, 0.2) is 0 Å². The average molecular weight is 265 g/mol. The van der Waals surface area contributed by atoms with Gasteiger partial charge in [0.1, 0.15) is 5.01 Å². The summed E-state index contributed by atoms with van der Waals surface area (Å²) in [6, 6.07) is 0.577. The van der Waals surface area contributed by atoms with Crippen molar-refractivity contribution in [3.63, 3.8) is 0 Å². The van der Waals surface area contributed by atoms with E-state index in [0.29, 0.717) is 6.04 Å². The summed E-state index contributed by atoms with van der Waals surface area (Å²) in [7, 11) is 0. The molecular weight excluding hydrogens is 242 g/mol. The first-order chi connectivity index (χ1) is 8.88. The summed E-state index contributed by atoms with van der Waals surface area (Å²) in [5.41, 5.74) is 1.41. The third-order valence-corrected chi connectivity index (χ3v) is 5.31. The maximum atomic E-state index is 4.94. The minimum atomic E-state index is 0.577. The fourth-order valence-corrected chi connectivity index (χ4v) is 4.41. The van der Waals surface area contributed by atoms with Gasteiger partial charge >= 0.3 is 0 Å². The van der Waals surface area contributed by atoms with Gasteiger partial charge in [-0.25, -0.2) is 4.98 Å². The van der Waals surface area contributed by atoms with Crippen LogP contribution in [0.2, 0.25) is 0 Å². The fraction of sp³-hybridized carbons (Fsp3) is 0.786. The number of nitrogens with zero attached hydrogens (tertiary/aromatic N) is 2. The summed E-state index contributed by atoms with van der Waals surface area (Å²) in [5, 5.41) is 4.84. The van der Waals surface area contributed by atoms with E-state index >= 15 is 0 Å². The number of hydrogen-bond acceptors (Lipinski definition) is 4. The normalized spacial score (nSPS) is 22.1. The molecule has 0 saturated carbocycles. The predicted molar refractivity (Wildman–Crippen MR) is 76.2 cm³/mol. The van der Waals surface area contributed by atoms with Gasteiger partial charge in [-0.05, 0) is 25.7 Å². The number of piperazine rings is 1. The molecule has 0 bridgehead atoms. The zero-order chi connectivity index (χ0) is 12.4. The Balaban J connectivity index is 1.78. The van der Waals surface area contributed by atoms with E-state index in [0.717, 1.165) is 13.1 Å². The highest BCUT2D eigenvalue weighted by atomic mass is 32.1. The van der Waals surface area contributed by atoms with Crippen molar-refractivity contribution in [1.82, 2.24) is 15.2 Å². The Morgan fingerprint density at radius 3 is 2.89 bits per heavy atom. The summed E-state index contributed by atoms with van der Waals surface area (Å²) in [6.45, 7) is 6.90. The van der Waals surface area contributed by atoms with Crippen LogP contribution in [-0.2, 0) is 12.8 Å². The SMILES string of the molecule is CCCC(c1nc2c(s1)CCC2)N1CCNCC1. The van der Waals surface area contributed by atoms with Gasteiger partial charge in [0, 0.05) is 31.1 Å². The van der Waals surface area contributed by atoms with Crippen LogP contribution in [0.4, 0.5) is 0 Å². The van der Waals surface area contributed by atoms with E-state index < -0.39 is 0 Å². The summed E-state index contributed by atoms with van der Waals surface area (Å²) in [6.07, 6.45) is 6.31. The number of rotatable bonds is 4. The Morgan fingerprint density at radius 2 is 2.17 bits per heavy atom. The molecule has 2 aliphatic rings. The topological polar surface area (TPSA) is 28.2 Å². The molecule has 3 nitrogen and oxygen atoms in total. The average Bonchev–Trinajstić information content (AvgIpc) is 2.97. The molecule has 1 aromatic heterocycles. The highest BCUT2D eigenvalue weighted by Crippen LogP contribution is 2.35. The molecule has 100 valence electrons. The van der Waals surface area contributed by atoms with Crippen LogP contribution in [-0.4, -0.2) is 36.1 Å². The quantitative estimate of drug-likeness (QED) is 0.906. The number of thiazole rings is 1. The Hall–Kier alpha value is -0.450. The summed E-state index contributed by atoms with van der Waals surface area (Å²) >= 11 is 1.99. The van der Waals surface area contributed by atoms with Crippen molar-refractivity contribution < 1.29 is 0 Å². The van der Waals surface area contributed by atoms with Crippen LogP contribution in [0.3, 0.4) is 0 Å². The highest BCUT2D eigenvalue weighted by molar-refractivity contribution is 7.11. The highest BCUT2D eigenvalue weighted by Gasteiger charge is 2.26. The van der Waals surface area contributed by atoms with Gasteiger partial charge in [0.2, 0.25) is 0 Å². The van der Waals surface area contributed by atoms with E-state index in [1.54, 1.807) is 4.88 Å². The number of nitrogens with one attached hydrogen (secondary N) is 1. The third-order valence-electron chi connectivity index (χ3n) is 4.05. The molecule has 18 heavy (non-hydrogen) atoms. The van der Waals surface area contributed by atoms with E-state index in [4.69, 9.17) is 4.98 Å². The lowest BCUT2D eigenvalue weighted by atomic mass is 10.1. The van der Waals surface area contributed by atoms with Gasteiger partial charge in [-0.2, -0.15) is 0 Å². The van der Waals surface area contributed by atoms with E-state index in [9.17, 15) is 0 Å². The van der Waals surface area contributed by atoms with Crippen LogP contribution in [0, 0.1) is 0 Å². The molecule has 1 atom stereocenters. The lowest BCUT2D eigenvalue weighted by Crippen LogP contribution is -2.45. The second-order valence-electron chi connectivity index (χ2n) is 5.37. The first kappa shape index (κ1) is 12.6. The molecule has 1 aliphatic carbocycles. The smallest absolute Gasteiger partial charge is 0.110 e. The second-order valence-corrected chi connectivity index (χ2v) is 6.48. The molecule has 1 aliphatic heterocycles. The zero-order valence-electron chi connectivity index (χ0n) is 11.2. The van der Waals surface area contributed by atoms with Crippen LogP contribution in [0.1, 0.15) is 47.8 Å². The molecule has 4 heteroatoms. The summed E-state index contributed by atoms with van der Waals surface area (Å²) < 4.78 is 0. The van der Waals surface area contributed by atoms with Crippen molar-refractivity contribution >= 4 is 11.3 Å². The molecule has 0 spiro atoms. The molecular formula is C14H23N3S. The molecule has 3 rings (SSSR count). The predicted octanol–water partition coefficient (Wildman–Crippen LogP) is 2.38. The minimum absolute atomic E-state index is 0.577. The number of aromatic nitrogens is 1. The molecule has 1 N–H and O–H groups in total. The van der Waals surface area contributed by atoms with Gasteiger partial charge in [-0.3, -0.25) is 4.90 Å². The summed E-state index contributed by atoms with van der Waals surface area (Å²) in [5.74, 6) is 0. The zero-order valence-corrected chi connectivity index (χ0v) is 12.1. The van der Waals surface area contributed by atoms with Crippen molar-refractivity contribution in [3.05, 3.63) is 15.6 Å². The van der Waals surface area contributed by atoms with E-state index in [1.807, 2.05) is 11.3 Å². The Morgan fingerprint density at radius 1 is 1.33 bits per heavy atom. The standard InChI is InChI=1S/C14H23N3S/c1-2-4-12(17-9-7-15-8-10-17)14-16-11-5-3-6-13(11)18-14/h12,15H,2-10H2,1H3. The van der Waals surface area contributed by atoms with E-state index in [1.165, 1.54) is 55.9 Å². The molecule has 1 unspecified atom stereocenters. The molecule has 2 heterocycles. The molecule has 0 aromatic carbocycles. The first-order valence-electron chi connectivity index (χ1n) is 7.31. The van der Waals surface area contributed by atoms with Crippen molar-refractivity contribution in [2.24, 2.45) is 0 Å². The van der Waals surface area contributed by atoms with Crippen molar-refractivity contribution in [2.75, 3.05) is 26.2 Å². The molecule has 1 aromatic rings. The van der Waals surface area contributed by atoms with Crippen LogP contribution in [0.25, 0.3) is 0 Å². The molecule has 1 fully saturated rings. The largest absolute Gasteiger partial charge is 0.314 e.